The normalized spacial score (nSPS) is 24.1. The molecular weight excluding hydrogens is 384 g/mol. The van der Waals surface area contributed by atoms with Gasteiger partial charge in [0.2, 0.25) is 5.88 Å². The zero-order chi connectivity index (χ0) is 21.1. The fourth-order valence-electron chi connectivity index (χ4n) is 4.80. The van der Waals surface area contributed by atoms with Crippen molar-refractivity contribution < 1.29 is 14.3 Å². The number of hydrogen-bond acceptors (Lipinski definition) is 8. The van der Waals surface area contributed by atoms with E-state index in [1.54, 1.807) is 7.11 Å². The average Bonchev–Trinajstić information content (AvgIpc) is 3.34. The molecule has 0 bridgehead atoms. The summed E-state index contributed by atoms with van der Waals surface area (Å²) in [6.07, 6.45) is 5.24. The largest absolute Gasteiger partial charge is 0.481 e. The van der Waals surface area contributed by atoms with E-state index in [0.717, 1.165) is 64.3 Å². The van der Waals surface area contributed by atoms with Gasteiger partial charge in [0, 0.05) is 51.1 Å². The molecule has 4 heterocycles. The van der Waals surface area contributed by atoms with Gasteiger partial charge >= 0.3 is 6.09 Å². The third kappa shape index (κ3) is 4.62. The topological polar surface area (TPSA) is 74.3 Å². The smallest absolute Gasteiger partial charge is 0.410 e. The molecule has 9 heteroatoms. The van der Waals surface area contributed by atoms with Gasteiger partial charge < -0.3 is 29.1 Å². The van der Waals surface area contributed by atoms with Gasteiger partial charge in [-0.05, 0) is 40.0 Å². The van der Waals surface area contributed by atoms with Crippen LogP contribution in [0.2, 0.25) is 0 Å². The summed E-state index contributed by atoms with van der Waals surface area (Å²) in [5.74, 6) is 1.42. The number of ether oxygens (including phenoxy) is 2. The molecule has 1 atom stereocenters. The van der Waals surface area contributed by atoms with Crippen LogP contribution in [0.3, 0.4) is 0 Å². The second-order valence-corrected chi connectivity index (χ2v) is 8.94. The SMILES string of the molecule is COc1cc(N2CCC3(CC2)CN(CCCN2CC[C@H](N(C)C)C2)C(=O)O3)ncn1. The Labute approximate surface area is 178 Å². The molecule has 0 aromatic carbocycles. The Morgan fingerprint density at radius 2 is 2.03 bits per heavy atom. The van der Waals surface area contributed by atoms with Crippen molar-refractivity contribution in [2.24, 2.45) is 0 Å². The van der Waals surface area contributed by atoms with Crippen LogP contribution in [0.5, 0.6) is 5.88 Å². The minimum absolute atomic E-state index is 0.153. The predicted octanol–water partition coefficient (Wildman–Crippen LogP) is 1.30. The number of carbonyl (C=O) groups excluding carboxylic acids is 1. The molecule has 1 aromatic rings. The summed E-state index contributed by atoms with van der Waals surface area (Å²) in [5.41, 5.74) is -0.353. The maximum atomic E-state index is 12.5. The highest BCUT2D eigenvalue weighted by atomic mass is 16.6. The molecule has 1 amide bonds. The highest BCUT2D eigenvalue weighted by Gasteiger charge is 2.46. The fourth-order valence-corrected chi connectivity index (χ4v) is 4.80. The number of nitrogens with zero attached hydrogens (tertiary/aromatic N) is 6. The summed E-state index contributed by atoms with van der Waals surface area (Å²) < 4.78 is 11.1. The van der Waals surface area contributed by atoms with Gasteiger partial charge in [0.05, 0.1) is 13.7 Å². The molecule has 3 fully saturated rings. The van der Waals surface area contributed by atoms with E-state index in [1.807, 2.05) is 11.0 Å². The Hall–Kier alpha value is -2.13. The van der Waals surface area contributed by atoms with E-state index < -0.39 is 0 Å². The summed E-state index contributed by atoms with van der Waals surface area (Å²) in [6.45, 7) is 6.42. The lowest BCUT2D eigenvalue weighted by Crippen LogP contribution is -2.47. The first-order valence-electron chi connectivity index (χ1n) is 11.0. The third-order valence-corrected chi connectivity index (χ3v) is 6.76. The van der Waals surface area contributed by atoms with E-state index in [0.29, 0.717) is 18.5 Å². The van der Waals surface area contributed by atoms with Gasteiger partial charge in [-0.15, -0.1) is 0 Å². The molecule has 0 aliphatic carbocycles. The molecule has 3 saturated heterocycles. The maximum absolute atomic E-state index is 12.5. The number of likely N-dealkylation sites (tertiary alicyclic amines) is 1. The molecule has 1 spiro atoms. The minimum Gasteiger partial charge on any atom is -0.481 e. The molecule has 0 radical (unpaired) electrons. The van der Waals surface area contributed by atoms with Gasteiger partial charge in [0.15, 0.2) is 0 Å². The van der Waals surface area contributed by atoms with Crippen LogP contribution in [0.4, 0.5) is 10.6 Å². The van der Waals surface area contributed by atoms with Crippen molar-refractivity contribution in [1.29, 1.82) is 0 Å². The van der Waals surface area contributed by atoms with Gasteiger partial charge in [-0.3, -0.25) is 0 Å². The van der Waals surface area contributed by atoms with Crippen molar-refractivity contribution >= 4 is 11.9 Å². The maximum Gasteiger partial charge on any atom is 0.410 e. The highest BCUT2D eigenvalue weighted by molar-refractivity contribution is 5.70. The number of anilines is 1. The van der Waals surface area contributed by atoms with Crippen molar-refractivity contribution in [2.45, 2.75) is 37.3 Å². The molecule has 166 valence electrons. The van der Waals surface area contributed by atoms with Gasteiger partial charge in [-0.1, -0.05) is 0 Å². The van der Waals surface area contributed by atoms with Crippen LogP contribution in [-0.4, -0.2) is 109 Å². The third-order valence-electron chi connectivity index (χ3n) is 6.76. The standard InChI is InChI=1S/C21H34N6O3/c1-24(2)17-5-10-25(14-17)8-4-9-27-15-21(30-20(27)28)6-11-26(12-7-21)18-13-19(29-3)23-16-22-18/h13,16-17H,4-12,14-15H2,1-3H3/t17-/m0/s1. The number of likely N-dealkylation sites (N-methyl/N-ethyl adjacent to an activating group) is 1. The summed E-state index contributed by atoms with van der Waals surface area (Å²) in [7, 11) is 5.91. The van der Waals surface area contributed by atoms with Crippen LogP contribution in [0.1, 0.15) is 25.7 Å². The van der Waals surface area contributed by atoms with Gasteiger partial charge in [-0.2, -0.15) is 0 Å². The first-order chi connectivity index (χ1) is 14.5. The molecule has 3 aliphatic heterocycles. The number of methoxy groups -OCH3 is 1. The zero-order valence-corrected chi connectivity index (χ0v) is 18.4. The number of hydrogen-bond donors (Lipinski definition) is 0. The molecule has 30 heavy (non-hydrogen) atoms. The average molecular weight is 419 g/mol. The van der Waals surface area contributed by atoms with Crippen LogP contribution >= 0.6 is 0 Å². The first-order valence-corrected chi connectivity index (χ1v) is 11.0. The number of aromatic nitrogens is 2. The number of amides is 1. The van der Waals surface area contributed by atoms with E-state index in [4.69, 9.17) is 9.47 Å². The molecule has 0 unspecified atom stereocenters. The summed E-state index contributed by atoms with van der Waals surface area (Å²) in [5, 5.41) is 0. The van der Waals surface area contributed by atoms with Crippen molar-refractivity contribution in [3.63, 3.8) is 0 Å². The number of rotatable bonds is 7. The highest BCUT2D eigenvalue weighted by Crippen LogP contribution is 2.34. The van der Waals surface area contributed by atoms with Gasteiger partial charge in [0.1, 0.15) is 17.7 Å². The minimum atomic E-state index is -0.353. The Bertz CT molecular complexity index is 737. The van der Waals surface area contributed by atoms with Crippen molar-refractivity contribution in [3.8, 4) is 5.88 Å². The van der Waals surface area contributed by atoms with Gasteiger partial charge in [-0.25, -0.2) is 14.8 Å². The van der Waals surface area contributed by atoms with Crippen LogP contribution in [-0.2, 0) is 4.74 Å². The molecule has 0 N–H and O–H groups in total. The summed E-state index contributed by atoms with van der Waals surface area (Å²) in [6, 6.07) is 2.51. The molecule has 1 aromatic heterocycles. The van der Waals surface area contributed by atoms with E-state index in [9.17, 15) is 4.79 Å². The number of carbonyl (C=O) groups is 1. The predicted molar refractivity (Wildman–Crippen MR) is 114 cm³/mol. The molecule has 9 nitrogen and oxygen atoms in total. The summed E-state index contributed by atoms with van der Waals surface area (Å²) in [4.78, 5) is 29.9. The Morgan fingerprint density at radius 3 is 2.73 bits per heavy atom. The fraction of sp³-hybridized carbons (Fsp3) is 0.762. The first kappa shape index (κ1) is 21.1. The zero-order valence-electron chi connectivity index (χ0n) is 18.4. The van der Waals surface area contributed by atoms with E-state index in [2.05, 4.69) is 38.8 Å². The molecule has 3 aliphatic rings. The lowest BCUT2D eigenvalue weighted by molar-refractivity contribution is 0.0366. The van der Waals surface area contributed by atoms with E-state index >= 15 is 0 Å². The van der Waals surface area contributed by atoms with Gasteiger partial charge in [0.25, 0.3) is 0 Å². The number of piperidine rings is 1. The quantitative estimate of drug-likeness (QED) is 0.656. The molecule has 4 rings (SSSR count). The van der Waals surface area contributed by atoms with Crippen LogP contribution < -0.4 is 9.64 Å². The van der Waals surface area contributed by atoms with Crippen LogP contribution in [0.15, 0.2) is 12.4 Å². The second kappa shape index (κ2) is 8.93. The Kier molecular flexibility index (Phi) is 6.29. The van der Waals surface area contributed by atoms with Crippen molar-refractivity contribution in [2.75, 3.05) is 71.9 Å². The second-order valence-electron chi connectivity index (χ2n) is 8.94. The van der Waals surface area contributed by atoms with Crippen molar-refractivity contribution in [3.05, 3.63) is 12.4 Å². The van der Waals surface area contributed by atoms with E-state index in [1.165, 1.54) is 12.7 Å². The monoisotopic (exact) mass is 418 g/mol. The molecular formula is C21H34N6O3. The van der Waals surface area contributed by atoms with Crippen molar-refractivity contribution in [1.82, 2.24) is 24.7 Å². The lowest BCUT2D eigenvalue weighted by Gasteiger charge is -2.37. The molecule has 0 saturated carbocycles. The Balaban J connectivity index is 1.24. The van der Waals surface area contributed by atoms with Crippen LogP contribution in [0.25, 0.3) is 0 Å². The summed E-state index contributed by atoms with van der Waals surface area (Å²) >= 11 is 0. The van der Waals surface area contributed by atoms with Crippen LogP contribution in [0, 0.1) is 0 Å². The lowest BCUT2D eigenvalue weighted by atomic mass is 9.91. The Morgan fingerprint density at radius 1 is 1.23 bits per heavy atom. The van der Waals surface area contributed by atoms with E-state index in [-0.39, 0.29) is 11.7 Å².